The summed E-state index contributed by atoms with van der Waals surface area (Å²) >= 11 is 0. The van der Waals surface area contributed by atoms with Crippen LogP contribution in [0.2, 0.25) is 0 Å². The molecule has 0 N–H and O–H groups in total. The molecule has 274 valence electrons. The Hall–Kier alpha value is -4.44. The number of aromatic nitrogens is 3. The van der Waals surface area contributed by atoms with Gasteiger partial charge in [0.2, 0.25) is 5.88 Å². The third-order valence-electron chi connectivity index (χ3n) is 9.09. The van der Waals surface area contributed by atoms with E-state index in [4.69, 9.17) is 23.7 Å². The molecule has 2 fully saturated rings. The summed E-state index contributed by atoms with van der Waals surface area (Å²) in [6, 6.07) is 5.31. The van der Waals surface area contributed by atoms with Gasteiger partial charge >= 0.3 is 18.2 Å². The van der Waals surface area contributed by atoms with Gasteiger partial charge in [-0.2, -0.15) is 23.1 Å². The first kappa shape index (κ1) is 36.4. The number of carbonyl (C=O) groups excluding carboxylic acids is 1. The summed E-state index contributed by atoms with van der Waals surface area (Å²) in [5.74, 6) is -2.52. The number of fused-ring (bicyclic) bond motifs is 3. The van der Waals surface area contributed by atoms with E-state index in [9.17, 15) is 22.4 Å². The van der Waals surface area contributed by atoms with Crippen molar-refractivity contribution in [2.24, 2.45) is 0 Å². The number of esters is 1. The van der Waals surface area contributed by atoms with E-state index in [2.05, 4.69) is 15.0 Å². The van der Waals surface area contributed by atoms with Crippen LogP contribution in [-0.2, 0) is 20.7 Å². The lowest BCUT2D eigenvalue weighted by Gasteiger charge is -2.30. The quantitative estimate of drug-likeness (QED) is 0.0777. The number of ether oxygens (including phenoxy) is 5. The molecule has 2 aromatic heterocycles. The zero-order chi connectivity index (χ0) is 36.3. The highest BCUT2D eigenvalue weighted by molar-refractivity contribution is 6.01. The van der Waals surface area contributed by atoms with E-state index in [0.717, 1.165) is 12.6 Å². The van der Waals surface area contributed by atoms with Crippen LogP contribution in [0, 0.1) is 11.6 Å². The van der Waals surface area contributed by atoms with E-state index >= 15 is 8.78 Å². The molecule has 0 spiro atoms. The van der Waals surface area contributed by atoms with E-state index in [-0.39, 0.29) is 85.6 Å². The molecule has 0 saturated carbocycles. The molecule has 0 radical (unpaired) electrons. The molecular formula is C35H36F6N4O6. The minimum Gasteiger partial charge on any atom is -0.468 e. The van der Waals surface area contributed by atoms with Crippen LogP contribution in [0.5, 0.6) is 17.6 Å². The molecule has 0 aliphatic carbocycles. The summed E-state index contributed by atoms with van der Waals surface area (Å²) in [4.78, 5) is 26.5. The van der Waals surface area contributed by atoms with Crippen molar-refractivity contribution in [2.75, 3.05) is 46.8 Å². The highest BCUT2D eigenvalue weighted by Gasteiger charge is 2.49. The van der Waals surface area contributed by atoms with Gasteiger partial charge in [0, 0.05) is 38.3 Å². The zero-order valence-electron chi connectivity index (χ0n) is 28.0. The van der Waals surface area contributed by atoms with Crippen LogP contribution < -0.4 is 14.2 Å². The molecule has 2 aliphatic heterocycles. The van der Waals surface area contributed by atoms with Crippen LogP contribution in [0.4, 0.5) is 26.3 Å². The number of halogens is 6. The second kappa shape index (κ2) is 15.0. The van der Waals surface area contributed by atoms with Crippen molar-refractivity contribution in [1.82, 2.24) is 19.9 Å². The molecule has 2 saturated heterocycles. The van der Waals surface area contributed by atoms with Gasteiger partial charge in [0.15, 0.2) is 19.2 Å². The van der Waals surface area contributed by atoms with Crippen molar-refractivity contribution >= 4 is 27.6 Å². The van der Waals surface area contributed by atoms with Crippen molar-refractivity contribution in [2.45, 2.75) is 63.3 Å². The van der Waals surface area contributed by atoms with Gasteiger partial charge < -0.3 is 23.7 Å². The maximum absolute atomic E-state index is 16.8. The maximum Gasteiger partial charge on any atom is 0.422 e. The molecular weight excluding hydrogens is 686 g/mol. The Labute approximate surface area is 289 Å². The SMILES string of the molecule is CCOC(=O)CCCc1c(F)ccc2cc(OCOC)cc(-c3ncc4c(OCC(F)(F)F)nc(OC[C@@]56CCCN5C[C@H](F)C6)nc4c3F)c12. The molecule has 2 atom stereocenters. The summed E-state index contributed by atoms with van der Waals surface area (Å²) in [7, 11) is 1.41. The van der Waals surface area contributed by atoms with E-state index in [0.29, 0.717) is 18.4 Å². The van der Waals surface area contributed by atoms with Crippen LogP contribution >= 0.6 is 0 Å². The van der Waals surface area contributed by atoms with Crippen molar-refractivity contribution in [1.29, 1.82) is 0 Å². The molecule has 10 nitrogen and oxygen atoms in total. The molecule has 2 aliphatic rings. The number of rotatable bonds is 14. The minimum absolute atomic E-state index is 0.0159. The molecule has 6 rings (SSSR count). The minimum atomic E-state index is -4.75. The molecule has 16 heteroatoms. The van der Waals surface area contributed by atoms with Crippen LogP contribution in [0.3, 0.4) is 0 Å². The summed E-state index contributed by atoms with van der Waals surface area (Å²) in [5, 5.41) is 0.461. The number of methoxy groups -OCH3 is 1. The Balaban J connectivity index is 1.46. The lowest BCUT2D eigenvalue weighted by molar-refractivity contribution is -0.153. The predicted octanol–water partition coefficient (Wildman–Crippen LogP) is 6.89. The molecule has 2 aromatic carbocycles. The van der Waals surface area contributed by atoms with Crippen LogP contribution in [0.1, 0.15) is 44.6 Å². The fourth-order valence-corrected chi connectivity index (χ4v) is 6.94. The highest BCUT2D eigenvalue weighted by atomic mass is 19.4. The Morgan fingerprint density at radius 2 is 1.94 bits per heavy atom. The lowest BCUT2D eigenvalue weighted by atomic mass is 9.93. The number of alkyl halides is 4. The Kier molecular flexibility index (Phi) is 10.7. The predicted molar refractivity (Wildman–Crippen MR) is 172 cm³/mol. The van der Waals surface area contributed by atoms with E-state index in [1.807, 2.05) is 4.90 Å². The molecule has 4 heterocycles. The Bertz CT molecular complexity index is 1910. The molecule has 4 aromatic rings. The van der Waals surface area contributed by atoms with Crippen LogP contribution in [-0.4, -0.2) is 90.5 Å². The first-order chi connectivity index (χ1) is 24.4. The molecule has 0 unspecified atom stereocenters. The number of hydrogen-bond donors (Lipinski definition) is 0. The number of benzene rings is 2. The van der Waals surface area contributed by atoms with E-state index < -0.39 is 59.5 Å². The number of pyridine rings is 1. The third kappa shape index (κ3) is 7.91. The third-order valence-corrected chi connectivity index (χ3v) is 9.09. The number of carbonyl (C=O) groups is 1. The number of hydrogen-bond acceptors (Lipinski definition) is 10. The highest BCUT2D eigenvalue weighted by Crippen LogP contribution is 2.42. The van der Waals surface area contributed by atoms with Gasteiger partial charge in [-0.05, 0) is 73.7 Å². The smallest absolute Gasteiger partial charge is 0.422 e. The van der Waals surface area contributed by atoms with Gasteiger partial charge in [-0.25, -0.2) is 13.2 Å². The Morgan fingerprint density at radius 3 is 2.71 bits per heavy atom. The van der Waals surface area contributed by atoms with Gasteiger partial charge in [0.1, 0.15) is 35.6 Å². The van der Waals surface area contributed by atoms with Crippen LogP contribution in [0.15, 0.2) is 30.5 Å². The summed E-state index contributed by atoms with van der Waals surface area (Å²) in [6.45, 7) is 0.793. The monoisotopic (exact) mass is 722 g/mol. The van der Waals surface area contributed by atoms with Gasteiger partial charge in [0.25, 0.3) is 0 Å². The van der Waals surface area contributed by atoms with Gasteiger partial charge in [-0.3, -0.25) is 14.7 Å². The second-order valence-electron chi connectivity index (χ2n) is 12.6. The topological polar surface area (TPSA) is 105 Å². The zero-order valence-corrected chi connectivity index (χ0v) is 28.0. The molecule has 51 heavy (non-hydrogen) atoms. The van der Waals surface area contributed by atoms with Gasteiger partial charge in [-0.1, -0.05) is 6.07 Å². The first-order valence-electron chi connectivity index (χ1n) is 16.5. The lowest BCUT2D eigenvalue weighted by Crippen LogP contribution is -2.43. The van der Waals surface area contributed by atoms with Gasteiger partial charge in [-0.15, -0.1) is 0 Å². The fraction of sp³-hybridized carbons (Fsp3) is 0.486. The fourth-order valence-electron chi connectivity index (χ4n) is 6.94. The van der Waals surface area contributed by atoms with Crippen molar-refractivity contribution in [3.05, 3.63) is 47.7 Å². The number of nitrogens with zero attached hydrogens (tertiary/aromatic N) is 4. The first-order valence-corrected chi connectivity index (χ1v) is 16.5. The average Bonchev–Trinajstić information content (AvgIpc) is 3.61. The second-order valence-corrected chi connectivity index (χ2v) is 12.6. The average molecular weight is 723 g/mol. The van der Waals surface area contributed by atoms with Crippen molar-refractivity contribution in [3.63, 3.8) is 0 Å². The molecule has 0 bridgehead atoms. The summed E-state index contributed by atoms with van der Waals surface area (Å²) in [6.07, 6.45) is -2.78. The van der Waals surface area contributed by atoms with Gasteiger partial charge in [0.05, 0.1) is 17.5 Å². The number of aryl methyl sites for hydroxylation is 1. The van der Waals surface area contributed by atoms with Crippen molar-refractivity contribution in [3.8, 4) is 28.9 Å². The maximum atomic E-state index is 16.8. The summed E-state index contributed by atoms with van der Waals surface area (Å²) in [5.41, 5.74) is -1.18. The largest absolute Gasteiger partial charge is 0.468 e. The van der Waals surface area contributed by atoms with E-state index in [1.54, 1.807) is 13.0 Å². The molecule has 0 amide bonds. The standard InChI is InChI=1S/C35H36F6N4O6/c1-3-48-27(46)7-4-6-23-26(37)9-8-20-12-22(51-19-47-2)13-24(28(20)23)30-29(38)31-25(15-42-30)32(49-18-35(39,40)41)44-33(43-31)50-17-34-10-5-11-45(34)16-21(36)14-34/h8-9,12-13,15,21H,3-7,10-11,14,16-19H2,1-2H3/t21-,34+/m1/s1. The van der Waals surface area contributed by atoms with Crippen LogP contribution in [0.25, 0.3) is 32.9 Å². The van der Waals surface area contributed by atoms with Crippen molar-refractivity contribution < 1.29 is 54.8 Å². The summed E-state index contributed by atoms with van der Waals surface area (Å²) < 4.78 is 113. The Morgan fingerprint density at radius 1 is 1.12 bits per heavy atom. The van der Waals surface area contributed by atoms with E-state index in [1.165, 1.54) is 25.3 Å². The normalized spacial score (nSPS) is 19.1.